The topological polar surface area (TPSA) is 55.6 Å². The average molecular weight is 439 g/mol. The Morgan fingerprint density at radius 3 is 2.66 bits per heavy atom. The minimum atomic E-state index is -2.44. The van der Waals surface area contributed by atoms with Gasteiger partial charge in [0, 0.05) is 31.3 Å². The molecule has 0 saturated carbocycles. The number of hydrogen-bond donors (Lipinski definition) is 1. The van der Waals surface area contributed by atoms with Crippen molar-refractivity contribution in [3.63, 3.8) is 0 Å². The average Bonchev–Trinajstić information content (AvgIpc) is 3.21. The third-order valence-corrected chi connectivity index (χ3v) is 4.61. The Kier molecular flexibility index (Phi) is 7.96. The van der Waals surface area contributed by atoms with Crippen molar-refractivity contribution in [3.8, 4) is 22.6 Å². The van der Waals surface area contributed by atoms with Crippen LogP contribution < -0.4 is 5.32 Å². The first-order valence-corrected chi connectivity index (χ1v) is 10.1. The van der Waals surface area contributed by atoms with Crippen molar-refractivity contribution >= 4 is 5.95 Å². The van der Waals surface area contributed by atoms with Gasteiger partial charge in [-0.05, 0) is 42.8 Å². The van der Waals surface area contributed by atoms with Crippen LogP contribution in [0.4, 0.5) is 19.1 Å². The van der Waals surface area contributed by atoms with E-state index in [0.29, 0.717) is 35.1 Å². The predicted molar refractivity (Wildman–Crippen MR) is 121 cm³/mol. The number of aryl methyl sites for hydroxylation is 1. The Labute approximate surface area is 185 Å². The highest BCUT2D eigenvalue weighted by Gasteiger charge is 2.18. The van der Waals surface area contributed by atoms with E-state index in [4.69, 9.17) is 0 Å². The number of nitrogens with zero attached hydrogens (tertiary/aromatic N) is 4. The summed E-state index contributed by atoms with van der Waals surface area (Å²) >= 11 is 0. The highest BCUT2D eigenvalue weighted by molar-refractivity contribution is 5.77. The van der Waals surface area contributed by atoms with Crippen LogP contribution >= 0.6 is 0 Å². The molecule has 5 nitrogen and oxygen atoms in total. The number of anilines is 1. The van der Waals surface area contributed by atoms with Crippen LogP contribution in [0.3, 0.4) is 0 Å². The monoisotopic (exact) mass is 439 g/mol. The van der Waals surface area contributed by atoms with E-state index in [2.05, 4.69) is 26.8 Å². The van der Waals surface area contributed by atoms with Gasteiger partial charge < -0.3 is 9.88 Å². The molecule has 0 fully saturated rings. The standard InChI is InChI=1S/C24H24F3N5/c1-3-5-17(6-4-2)15-29-24-28-13-11-20(31-24)23-22(18-7-9-19(25)10-8-18)30-16-32(23)14-12-21(26)27/h3-11,13,16,21H,1,12,14-15H2,2H3,(H,28,29,31)/b6-4-,17-5+. The van der Waals surface area contributed by atoms with Crippen molar-refractivity contribution in [2.24, 2.45) is 0 Å². The molecule has 0 bridgehead atoms. The first-order valence-electron chi connectivity index (χ1n) is 10.1. The molecule has 0 aliphatic rings. The number of rotatable bonds is 10. The van der Waals surface area contributed by atoms with E-state index in [-0.39, 0.29) is 18.8 Å². The molecule has 2 heterocycles. The second kappa shape index (κ2) is 11.1. The number of imidazole rings is 1. The molecule has 32 heavy (non-hydrogen) atoms. The summed E-state index contributed by atoms with van der Waals surface area (Å²) in [5.74, 6) is 0.0131. The molecular formula is C24H24F3N5. The van der Waals surface area contributed by atoms with E-state index in [1.807, 2.05) is 25.2 Å². The summed E-state index contributed by atoms with van der Waals surface area (Å²) in [6.07, 6.45) is 7.78. The third-order valence-electron chi connectivity index (χ3n) is 4.61. The van der Waals surface area contributed by atoms with Crippen molar-refractivity contribution in [2.75, 3.05) is 11.9 Å². The molecule has 3 rings (SSSR count). The molecule has 166 valence electrons. The van der Waals surface area contributed by atoms with E-state index in [0.717, 1.165) is 5.57 Å². The molecule has 2 aromatic heterocycles. The Balaban J connectivity index is 1.97. The Morgan fingerprint density at radius 1 is 1.19 bits per heavy atom. The lowest BCUT2D eigenvalue weighted by Crippen LogP contribution is -2.09. The molecule has 0 unspecified atom stereocenters. The second-order valence-electron chi connectivity index (χ2n) is 6.92. The zero-order valence-electron chi connectivity index (χ0n) is 17.7. The molecule has 8 heteroatoms. The number of aromatic nitrogens is 4. The van der Waals surface area contributed by atoms with Gasteiger partial charge >= 0.3 is 0 Å². The van der Waals surface area contributed by atoms with Crippen molar-refractivity contribution in [1.29, 1.82) is 0 Å². The first kappa shape index (κ1) is 23.0. The minimum Gasteiger partial charge on any atom is -0.350 e. The summed E-state index contributed by atoms with van der Waals surface area (Å²) in [6.45, 7) is 6.19. The summed E-state index contributed by atoms with van der Waals surface area (Å²) in [4.78, 5) is 13.2. The van der Waals surface area contributed by atoms with E-state index in [1.165, 1.54) is 18.5 Å². The van der Waals surface area contributed by atoms with Gasteiger partial charge in [0.1, 0.15) is 5.82 Å². The van der Waals surface area contributed by atoms with Gasteiger partial charge in [-0.25, -0.2) is 28.1 Å². The van der Waals surface area contributed by atoms with Gasteiger partial charge in [-0.2, -0.15) is 0 Å². The summed E-state index contributed by atoms with van der Waals surface area (Å²) in [5, 5.41) is 3.16. The van der Waals surface area contributed by atoms with Gasteiger partial charge in [0.25, 0.3) is 0 Å². The van der Waals surface area contributed by atoms with Crippen molar-refractivity contribution < 1.29 is 13.2 Å². The number of nitrogens with one attached hydrogen (secondary N) is 1. The summed E-state index contributed by atoms with van der Waals surface area (Å²) in [5.41, 5.74) is 3.28. The lowest BCUT2D eigenvalue weighted by molar-refractivity contribution is 0.131. The van der Waals surface area contributed by atoms with Crippen molar-refractivity contribution in [1.82, 2.24) is 19.5 Å². The molecule has 1 N–H and O–H groups in total. The maximum absolute atomic E-state index is 13.4. The lowest BCUT2D eigenvalue weighted by Gasteiger charge is -2.12. The van der Waals surface area contributed by atoms with Crippen LogP contribution in [0, 0.1) is 5.82 Å². The number of benzene rings is 1. The predicted octanol–water partition coefficient (Wildman–Crippen LogP) is 5.90. The van der Waals surface area contributed by atoms with Gasteiger partial charge in [-0.15, -0.1) is 0 Å². The normalized spacial score (nSPS) is 12.0. The third kappa shape index (κ3) is 5.94. The summed E-state index contributed by atoms with van der Waals surface area (Å²) < 4.78 is 40.8. The van der Waals surface area contributed by atoms with Crippen LogP contribution in [0.1, 0.15) is 13.3 Å². The highest BCUT2D eigenvalue weighted by Crippen LogP contribution is 2.31. The van der Waals surface area contributed by atoms with E-state index < -0.39 is 6.43 Å². The zero-order chi connectivity index (χ0) is 22.9. The number of alkyl halides is 2. The lowest BCUT2D eigenvalue weighted by atomic mass is 10.1. The number of halogens is 3. The molecule has 1 aromatic carbocycles. The van der Waals surface area contributed by atoms with Gasteiger partial charge in [-0.3, -0.25) is 0 Å². The quantitative estimate of drug-likeness (QED) is 0.400. The SMILES string of the molecule is C=C/C=C(\C=C/C)CNc1nccc(-c2c(-c3ccc(F)cc3)ncn2CCC(F)F)n1. The molecule has 3 aromatic rings. The fourth-order valence-electron chi connectivity index (χ4n) is 3.17. The van der Waals surface area contributed by atoms with Crippen molar-refractivity contribution in [2.45, 2.75) is 26.3 Å². The second-order valence-corrected chi connectivity index (χ2v) is 6.92. The number of allylic oxidation sites excluding steroid dienone is 3. The smallest absolute Gasteiger partial charge is 0.240 e. The largest absolute Gasteiger partial charge is 0.350 e. The molecule has 0 atom stereocenters. The van der Waals surface area contributed by atoms with Gasteiger partial charge in [0.05, 0.1) is 23.4 Å². The van der Waals surface area contributed by atoms with Crippen LogP contribution in [0.15, 0.2) is 79.3 Å². The fraction of sp³-hybridized carbons (Fsp3) is 0.208. The maximum atomic E-state index is 13.4. The zero-order valence-corrected chi connectivity index (χ0v) is 17.7. The Bertz CT molecular complexity index is 1100. The van der Waals surface area contributed by atoms with Gasteiger partial charge in [0.2, 0.25) is 12.4 Å². The summed E-state index contributed by atoms with van der Waals surface area (Å²) in [7, 11) is 0. The van der Waals surface area contributed by atoms with Gasteiger partial charge in [-0.1, -0.05) is 30.9 Å². The highest BCUT2D eigenvalue weighted by atomic mass is 19.3. The minimum absolute atomic E-state index is 0.0709. The van der Waals surface area contributed by atoms with Crippen LogP contribution in [-0.2, 0) is 6.54 Å². The molecule has 0 aliphatic carbocycles. The fourth-order valence-corrected chi connectivity index (χ4v) is 3.17. The molecule has 0 radical (unpaired) electrons. The molecule has 0 amide bonds. The molecule has 0 aliphatic heterocycles. The Hall–Kier alpha value is -3.68. The van der Waals surface area contributed by atoms with Crippen LogP contribution in [0.2, 0.25) is 0 Å². The maximum Gasteiger partial charge on any atom is 0.240 e. The molecule has 0 spiro atoms. The van der Waals surface area contributed by atoms with Crippen LogP contribution in [0.5, 0.6) is 0 Å². The Morgan fingerprint density at radius 2 is 1.97 bits per heavy atom. The summed E-state index contributed by atoms with van der Waals surface area (Å²) in [6, 6.07) is 7.56. The molecular weight excluding hydrogens is 415 g/mol. The number of hydrogen-bond acceptors (Lipinski definition) is 4. The van der Waals surface area contributed by atoms with E-state index >= 15 is 0 Å². The van der Waals surface area contributed by atoms with Crippen molar-refractivity contribution in [3.05, 3.63) is 85.1 Å². The molecule has 0 saturated heterocycles. The van der Waals surface area contributed by atoms with E-state index in [1.54, 1.807) is 35.0 Å². The van der Waals surface area contributed by atoms with Gasteiger partial charge in [0.15, 0.2) is 0 Å². The van der Waals surface area contributed by atoms with Crippen LogP contribution in [0.25, 0.3) is 22.6 Å². The first-order chi connectivity index (χ1) is 15.5. The van der Waals surface area contributed by atoms with Crippen LogP contribution in [-0.4, -0.2) is 32.5 Å². The van der Waals surface area contributed by atoms with E-state index in [9.17, 15) is 13.2 Å².